The van der Waals surface area contributed by atoms with E-state index < -0.39 is 11.5 Å². The number of urea groups is 1. The number of hydrazone groups is 1. The fourth-order valence-corrected chi connectivity index (χ4v) is 3.02. The van der Waals surface area contributed by atoms with Crippen molar-refractivity contribution in [2.24, 2.45) is 5.10 Å². The van der Waals surface area contributed by atoms with Gasteiger partial charge in [-0.05, 0) is 65.0 Å². The Hall–Kier alpha value is -2.94. The first-order valence-corrected chi connectivity index (χ1v) is 9.92. The molecule has 1 heterocycles. The lowest BCUT2D eigenvalue weighted by atomic mass is 10.1. The number of hydrogen-bond acceptors (Lipinski definition) is 7. The van der Waals surface area contributed by atoms with Gasteiger partial charge in [0, 0.05) is 13.0 Å². The largest absolute Gasteiger partial charge is 0.464 e. The van der Waals surface area contributed by atoms with Crippen molar-refractivity contribution in [3.05, 3.63) is 29.8 Å². The average molecular weight is 418 g/mol. The first kappa shape index (κ1) is 23.3. The van der Waals surface area contributed by atoms with Crippen LogP contribution >= 0.6 is 0 Å². The van der Waals surface area contributed by atoms with Gasteiger partial charge in [-0.2, -0.15) is 5.10 Å². The van der Waals surface area contributed by atoms with E-state index in [9.17, 15) is 14.4 Å². The zero-order chi connectivity index (χ0) is 22.3. The summed E-state index contributed by atoms with van der Waals surface area (Å²) >= 11 is 0. The van der Waals surface area contributed by atoms with E-state index in [4.69, 9.17) is 4.74 Å². The molecule has 0 saturated carbocycles. The van der Waals surface area contributed by atoms with E-state index in [-0.39, 0.29) is 11.9 Å². The highest BCUT2D eigenvalue weighted by Gasteiger charge is 2.43. The van der Waals surface area contributed by atoms with Crippen molar-refractivity contribution < 1.29 is 19.1 Å². The van der Waals surface area contributed by atoms with E-state index in [0.29, 0.717) is 25.1 Å². The van der Waals surface area contributed by atoms with Crippen LogP contribution in [0.5, 0.6) is 0 Å². The predicted molar refractivity (Wildman–Crippen MR) is 115 cm³/mol. The van der Waals surface area contributed by atoms with E-state index >= 15 is 0 Å². The van der Waals surface area contributed by atoms with Crippen molar-refractivity contribution in [3.8, 4) is 0 Å². The molecular formula is C21H31N5O4. The monoisotopic (exact) mass is 417 g/mol. The quantitative estimate of drug-likeness (QED) is 0.261. The normalized spacial score (nSPS) is 16.1. The number of imide groups is 1. The summed E-state index contributed by atoms with van der Waals surface area (Å²) in [4.78, 5) is 39.4. The van der Waals surface area contributed by atoms with Crippen LogP contribution in [0, 0.1) is 0 Å². The summed E-state index contributed by atoms with van der Waals surface area (Å²) in [7, 11) is 5.29. The highest BCUT2D eigenvalue weighted by atomic mass is 16.5. The van der Waals surface area contributed by atoms with Gasteiger partial charge in [-0.15, -0.1) is 0 Å². The van der Waals surface area contributed by atoms with Crippen molar-refractivity contribution in [3.63, 3.8) is 0 Å². The van der Waals surface area contributed by atoms with Crippen LogP contribution in [0.4, 0.5) is 10.5 Å². The molecule has 0 aliphatic carbocycles. The van der Waals surface area contributed by atoms with Gasteiger partial charge in [0.25, 0.3) is 5.91 Å². The molecular weight excluding hydrogens is 386 g/mol. The molecule has 1 aromatic rings. The summed E-state index contributed by atoms with van der Waals surface area (Å²) in [5.41, 5.74) is 4.08. The summed E-state index contributed by atoms with van der Waals surface area (Å²) < 4.78 is 4.80. The number of benzene rings is 1. The Bertz CT molecular complexity index is 802. The molecule has 0 atom stereocenters. The molecule has 9 nitrogen and oxygen atoms in total. The fraction of sp³-hybridized carbons (Fsp3) is 0.524. The van der Waals surface area contributed by atoms with Crippen LogP contribution in [0.3, 0.4) is 0 Å². The highest BCUT2D eigenvalue weighted by molar-refractivity contribution is 6.36. The average Bonchev–Trinajstić information content (AvgIpc) is 2.89. The van der Waals surface area contributed by atoms with E-state index in [1.165, 1.54) is 12.0 Å². The summed E-state index contributed by atoms with van der Waals surface area (Å²) in [6.07, 6.45) is 1.86. The minimum atomic E-state index is -0.854. The minimum Gasteiger partial charge on any atom is -0.464 e. The summed E-state index contributed by atoms with van der Waals surface area (Å²) in [5, 5.41) is 6.88. The maximum Gasteiger partial charge on any atom is 0.354 e. The Labute approximate surface area is 177 Å². The van der Waals surface area contributed by atoms with Crippen LogP contribution in [-0.2, 0) is 20.7 Å². The smallest absolute Gasteiger partial charge is 0.354 e. The molecule has 1 aliphatic heterocycles. The topological polar surface area (TPSA) is 103 Å². The number of carbonyl (C=O) groups is 3. The molecule has 30 heavy (non-hydrogen) atoms. The number of methoxy groups -OCH3 is 1. The number of carbonyl (C=O) groups excluding carboxylic acids is 3. The van der Waals surface area contributed by atoms with Crippen molar-refractivity contribution >= 4 is 29.3 Å². The van der Waals surface area contributed by atoms with E-state index in [0.717, 1.165) is 24.2 Å². The Morgan fingerprint density at radius 3 is 2.43 bits per heavy atom. The van der Waals surface area contributed by atoms with Crippen LogP contribution in [0.2, 0.25) is 0 Å². The maximum atomic E-state index is 12.2. The maximum absolute atomic E-state index is 12.2. The first-order valence-electron chi connectivity index (χ1n) is 9.92. The van der Waals surface area contributed by atoms with Crippen LogP contribution < -0.4 is 10.7 Å². The molecule has 164 valence electrons. The standard InChI is InChI=1S/C21H31N5O4/c1-21(2)19(28)26(20(29)22-21)14-12-15-8-10-16(11-9-15)23-24-17(18(27)30-5)7-6-13-25(3)4/h8-11,23H,6-7,12-14H2,1-5H3,(H,22,29)/b24-17-. The molecule has 0 aromatic heterocycles. The first-order chi connectivity index (χ1) is 14.1. The molecule has 1 saturated heterocycles. The molecule has 3 amide bonds. The minimum absolute atomic E-state index is 0.218. The van der Waals surface area contributed by atoms with Crippen LogP contribution in [0.15, 0.2) is 29.4 Å². The van der Waals surface area contributed by atoms with Gasteiger partial charge in [0.15, 0.2) is 0 Å². The van der Waals surface area contributed by atoms with Crippen molar-refractivity contribution in [2.75, 3.05) is 39.7 Å². The second-order valence-electron chi connectivity index (χ2n) is 8.03. The molecule has 2 N–H and O–H groups in total. The number of nitrogens with one attached hydrogen (secondary N) is 2. The third kappa shape index (κ3) is 6.28. The van der Waals surface area contributed by atoms with Gasteiger partial charge in [-0.25, -0.2) is 9.59 Å². The number of anilines is 1. The third-order valence-corrected chi connectivity index (χ3v) is 4.78. The second-order valence-corrected chi connectivity index (χ2v) is 8.03. The number of amides is 3. The Kier molecular flexibility index (Phi) is 7.93. The molecule has 0 bridgehead atoms. The van der Waals surface area contributed by atoms with E-state index in [1.54, 1.807) is 13.8 Å². The zero-order valence-corrected chi connectivity index (χ0v) is 18.3. The third-order valence-electron chi connectivity index (χ3n) is 4.78. The van der Waals surface area contributed by atoms with Gasteiger partial charge in [-0.1, -0.05) is 12.1 Å². The number of ether oxygens (including phenoxy) is 1. The number of rotatable bonds is 10. The number of hydrogen-bond donors (Lipinski definition) is 2. The lowest BCUT2D eigenvalue weighted by Gasteiger charge is -2.16. The Balaban J connectivity index is 1.92. The van der Waals surface area contributed by atoms with Gasteiger partial charge < -0.3 is 15.0 Å². The fourth-order valence-electron chi connectivity index (χ4n) is 3.02. The number of nitrogens with zero attached hydrogens (tertiary/aromatic N) is 3. The SMILES string of the molecule is COC(=O)/C(CCCN(C)C)=N\Nc1ccc(CCN2C(=O)NC(C)(C)C2=O)cc1. The summed E-state index contributed by atoms with van der Waals surface area (Å²) in [5.74, 6) is -0.668. The van der Waals surface area contributed by atoms with E-state index in [1.807, 2.05) is 43.3 Å². The zero-order valence-electron chi connectivity index (χ0n) is 18.3. The van der Waals surface area contributed by atoms with Gasteiger partial charge in [0.2, 0.25) is 0 Å². The molecule has 0 spiro atoms. The van der Waals surface area contributed by atoms with Gasteiger partial charge in [0.1, 0.15) is 11.3 Å². The van der Waals surface area contributed by atoms with E-state index in [2.05, 4.69) is 15.8 Å². The lowest BCUT2D eigenvalue weighted by Crippen LogP contribution is -2.40. The number of esters is 1. The summed E-state index contributed by atoms with van der Waals surface area (Å²) in [6, 6.07) is 7.10. The molecule has 9 heteroatoms. The highest BCUT2D eigenvalue weighted by Crippen LogP contribution is 2.18. The van der Waals surface area contributed by atoms with Crippen molar-refractivity contribution in [2.45, 2.75) is 38.6 Å². The van der Waals surface area contributed by atoms with Crippen molar-refractivity contribution in [1.29, 1.82) is 0 Å². The predicted octanol–water partition coefficient (Wildman–Crippen LogP) is 1.84. The van der Waals surface area contributed by atoms with Crippen LogP contribution in [0.25, 0.3) is 0 Å². The van der Waals surface area contributed by atoms with Crippen LogP contribution in [-0.4, -0.2) is 73.3 Å². The molecule has 2 rings (SSSR count). The van der Waals surface area contributed by atoms with Gasteiger partial charge in [0.05, 0.1) is 12.8 Å². The Morgan fingerprint density at radius 2 is 1.90 bits per heavy atom. The van der Waals surface area contributed by atoms with Crippen LogP contribution in [0.1, 0.15) is 32.3 Å². The van der Waals surface area contributed by atoms with Crippen molar-refractivity contribution in [1.82, 2.24) is 15.1 Å². The Morgan fingerprint density at radius 1 is 1.23 bits per heavy atom. The summed E-state index contributed by atoms with van der Waals surface area (Å²) in [6.45, 7) is 4.55. The van der Waals surface area contributed by atoms with Gasteiger partial charge in [-0.3, -0.25) is 15.1 Å². The molecule has 0 radical (unpaired) electrons. The lowest BCUT2D eigenvalue weighted by molar-refractivity contribution is -0.133. The molecule has 0 unspecified atom stereocenters. The molecule has 1 fully saturated rings. The molecule has 1 aromatic carbocycles. The van der Waals surface area contributed by atoms with Gasteiger partial charge >= 0.3 is 12.0 Å². The second kappa shape index (κ2) is 10.2. The molecule has 1 aliphatic rings.